The molecule has 2 saturated carbocycles. The Bertz CT molecular complexity index is 904. The molecule has 2 fully saturated rings. The van der Waals surface area contributed by atoms with Crippen molar-refractivity contribution >= 4 is 23.8 Å². The van der Waals surface area contributed by atoms with Gasteiger partial charge in [0.2, 0.25) is 0 Å². The Morgan fingerprint density at radius 1 is 0.943 bits per heavy atom. The molecule has 0 atom stereocenters. The van der Waals surface area contributed by atoms with Crippen molar-refractivity contribution in [3.63, 3.8) is 0 Å². The van der Waals surface area contributed by atoms with Crippen LogP contribution in [-0.2, 0) is 14.3 Å². The van der Waals surface area contributed by atoms with Gasteiger partial charge in [0.1, 0.15) is 17.2 Å². The van der Waals surface area contributed by atoms with Crippen molar-refractivity contribution < 1.29 is 28.2 Å². The van der Waals surface area contributed by atoms with Gasteiger partial charge in [-0.1, -0.05) is 0 Å². The lowest BCUT2D eigenvalue weighted by molar-refractivity contribution is -0.146. The number of amides is 2. The van der Waals surface area contributed by atoms with Gasteiger partial charge in [0.05, 0.1) is 24.8 Å². The Morgan fingerprint density at radius 3 is 2.09 bits per heavy atom. The average molecular weight is 493 g/mol. The number of hydrogen-bond donors (Lipinski definition) is 3. The Morgan fingerprint density at radius 2 is 1.51 bits per heavy atom. The second-order valence-corrected chi connectivity index (χ2v) is 10.4. The monoisotopic (exact) mass is 492 g/mol. The number of esters is 1. The van der Waals surface area contributed by atoms with E-state index in [1.807, 2.05) is 20.8 Å². The van der Waals surface area contributed by atoms with E-state index in [0.29, 0.717) is 44.3 Å². The van der Waals surface area contributed by atoms with Gasteiger partial charge in [0.15, 0.2) is 0 Å². The van der Waals surface area contributed by atoms with E-state index in [1.54, 1.807) is 0 Å². The Hall–Kier alpha value is -2.91. The molecule has 0 spiro atoms. The molecule has 0 unspecified atom stereocenters. The van der Waals surface area contributed by atoms with Crippen LogP contribution in [0.1, 0.15) is 82.5 Å². The zero-order valence-corrected chi connectivity index (χ0v) is 21.0. The van der Waals surface area contributed by atoms with Gasteiger partial charge in [-0.3, -0.25) is 9.59 Å². The van der Waals surface area contributed by atoms with Crippen LogP contribution >= 0.6 is 0 Å². The molecule has 194 valence electrons. The van der Waals surface area contributed by atoms with E-state index in [4.69, 9.17) is 9.47 Å². The fourth-order valence-corrected chi connectivity index (χ4v) is 4.68. The molecule has 0 bridgehead atoms. The molecule has 0 radical (unpaired) electrons. The summed E-state index contributed by atoms with van der Waals surface area (Å²) in [7, 11) is 1.39. The lowest BCUT2D eigenvalue weighted by Gasteiger charge is -2.31. The number of aromatic nitrogens is 1. The molecule has 3 N–H and O–H groups in total. The molecule has 0 saturated heterocycles. The van der Waals surface area contributed by atoms with Gasteiger partial charge < -0.3 is 25.4 Å². The van der Waals surface area contributed by atoms with Crippen molar-refractivity contribution in [1.29, 1.82) is 0 Å². The number of halogens is 1. The van der Waals surface area contributed by atoms with Crippen LogP contribution in [0.25, 0.3) is 0 Å². The number of anilines is 1. The molecule has 35 heavy (non-hydrogen) atoms. The van der Waals surface area contributed by atoms with E-state index in [9.17, 15) is 18.8 Å². The maximum Gasteiger partial charge on any atom is 0.407 e. The number of rotatable bonds is 6. The summed E-state index contributed by atoms with van der Waals surface area (Å²) in [4.78, 5) is 40.9. The molecular formula is C25H37FN4O5. The summed E-state index contributed by atoms with van der Waals surface area (Å²) >= 11 is 0. The fraction of sp³-hybridized carbons (Fsp3) is 0.680. The smallest absolute Gasteiger partial charge is 0.407 e. The number of ether oxygens (including phenoxy) is 2. The molecule has 1 aromatic heterocycles. The predicted molar refractivity (Wildman–Crippen MR) is 128 cm³/mol. The van der Waals surface area contributed by atoms with Crippen LogP contribution in [0, 0.1) is 11.7 Å². The van der Waals surface area contributed by atoms with Gasteiger partial charge >= 0.3 is 12.1 Å². The van der Waals surface area contributed by atoms with Crippen LogP contribution in [-0.4, -0.2) is 53.8 Å². The molecule has 1 aromatic rings. The Balaban J connectivity index is 1.52. The summed E-state index contributed by atoms with van der Waals surface area (Å²) in [5, 5.41) is 9.14. The third kappa shape index (κ3) is 8.07. The first-order valence-electron chi connectivity index (χ1n) is 12.3. The first-order valence-corrected chi connectivity index (χ1v) is 12.3. The highest BCUT2D eigenvalue weighted by Crippen LogP contribution is 2.28. The first-order chi connectivity index (χ1) is 16.5. The maximum absolute atomic E-state index is 14.0. The molecule has 0 aliphatic heterocycles. The Labute approximate surface area is 205 Å². The van der Waals surface area contributed by atoms with E-state index in [2.05, 4.69) is 20.9 Å². The minimum Gasteiger partial charge on any atom is -0.469 e. The molecular weight excluding hydrogens is 455 g/mol. The molecule has 0 aromatic carbocycles. The van der Waals surface area contributed by atoms with E-state index >= 15 is 0 Å². The number of methoxy groups -OCH3 is 1. The second-order valence-electron chi connectivity index (χ2n) is 10.4. The molecule has 2 aliphatic rings. The molecule has 3 rings (SSSR count). The molecule has 2 aliphatic carbocycles. The topological polar surface area (TPSA) is 119 Å². The van der Waals surface area contributed by atoms with E-state index in [1.165, 1.54) is 13.2 Å². The number of nitrogens with one attached hydrogen (secondary N) is 3. The molecule has 2 amide bonds. The average Bonchev–Trinajstić information content (AvgIpc) is 2.80. The van der Waals surface area contributed by atoms with Gasteiger partial charge in [-0.15, -0.1) is 0 Å². The lowest BCUT2D eigenvalue weighted by atomic mass is 9.86. The SMILES string of the molecule is COC(=O)C1CCC(Nc2ncc(F)cc2C(=O)NC2CCC(NC(=O)OC(C)(C)C)CC2)CC1. The van der Waals surface area contributed by atoms with Crippen LogP contribution in [0.15, 0.2) is 12.3 Å². The lowest BCUT2D eigenvalue weighted by Crippen LogP contribution is -2.45. The quantitative estimate of drug-likeness (QED) is 0.515. The number of carbonyl (C=O) groups excluding carboxylic acids is 3. The van der Waals surface area contributed by atoms with Gasteiger partial charge in [0, 0.05) is 18.1 Å². The summed E-state index contributed by atoms with van der Waals surface area (Å²) in [6, 6.07) is 1.15. The highest BCUT2D eigenvalue weighted by atomic mass is 19.1. The number of pyridine rings is 1. The molecule has 9 nitrogen and oxygen atoms in total. The Kier molecular flexibility index (Phi) is 8.91. The van der Waals surface area contributed by atoms with Crippen LogP contribution in [0.2, 0.25) is 0 Å². The molecule has 1 heterocycles. The van der Waals surface area contributed by atoms with Crippen LogP contribution in [0.3, 0.4) is 0 Å². The fourth-order valence-electron chi connectivity index (χ4n) is 4.68. The number of alkyl carbamates (subject to hydrolysis) is 1. The van der Waals surface area contributed by atoms with Crippen molar-refractivity contribution in [3.05, 3.63) is 23.6 Å². The van der Waals surface area contributed by atoms with Crippen molar-refractivity contribution in [2.24, 2.45) is 5.92 Å². The summed E-state index contributed by atoms with van der Waals surface area (Å²) in [6.45, 7) is 5.45. The standard InChI is InChI=1S/C25H37FN4O5/c1-25(2,3)35-24(33)30-19-11-9-18(10-12-19)29-22(31)20-13-16(26)14-27-21(20)28-17-7-5-15(6-8-17)23(32)34-4/h13-15,17-19H,5-12H2,1-4H3,(H,27,28)(H,29,31)(H,30,33). The van der Waals surface area contributed by atoms with Crippen molar-refractivity contribution in [1.82, 2.24) is 15.6 Å². The highest BCUT2D eigenvalue weighted by molar-refractivity contribution is 5.99. The maximum atomic E-state index is 14.0. The predicted octanol–water partition coefficient (Wildman–Crippen LogP) is 3.93. The zero-order chi connectivity index (χ0) is 25.6. The normalized spacial score (nSPS) is 24.7. The van der Waals surface area contributed by atoms with Crippen LogP contribution < -0.4 is 16.0 Å². The second kappa shape index (κ2) is 11.7. The highest BCUT2D eigenvalue weighted by Gasteiger charge is 2.29. The summed E-state index contributed by atoms with van der Waals surface area (Å²) in [5.41, 5.74) is -0.394. The van der Waals surface area contributed by atoms with Crippen molar-refractivity contribution in [2.75, 3.05) is 12.4 Å². The van der Waals surface area contributed by atoms with E-state index < -0.39 is 17.5 Å². The third-order valence-corrected chi connectivity index (χ3v) is 6.48. The number of nitrogens with zero attached hydrogens (tertiary/aromatic N) is 1. The zero-order valence-electron chi connectivity index (χ0n) is 21.0. The summed E-state index contributed by atoms with van der Waals surface area (Å²) in [5.74, 6) is -0.932. The van der Waals surface area contributed by atoms with Gasteiger partial charge in [0.25, 0.3) is 5.91 Å². The van der Waals surface area contributed by atoms with Crippen molar-refractivity contribution in [2.45, 2.75) is 95.9 Å². The summed E-state index contributed by atoms with van der Waals surface area (Å²) in [6.07, 6.45) is 6.29. The van der Waals surface area contributed by atoms with Crippen molar-refractivity contribution in [3.8, 4) is 0 Å². The van der Waals surface area contributed by atoms with Crippen LogP contribution in [0.4, 0.5) is 15.0 Å². The number of hydrogen-bond acceptors (Lipinski definition) is 7. The molecule has 10 heteroatoms. The largest absolute Gasteiger partial charge is 0.469 e. The first kappa shape index (κ1) is 26.7. The van der Waals surface area contributed by atoms with Crippen LogP contribution in [0.5, 0.6) is 0 Å². The minimum atomic E-state index is -0.583. The van der Waals surface area contributed by atoms with E-state index in [0.717, 1.165) is 19.0 Å². The van der Waals surface area contributed by atoms with E-state index in [-0.39, 0.29) is 41.5 Å². The minimum absolute atomic E-state index is 0.00816. The summed E-state index contributed by atoms with van der Waals surface area (Å²) < 4.78 is 24.1. The number of carbonyl (C=O) groups is 3. The van der Waals surface area contributed by atoms with Gasteiger partial charge in [-0.25, -0.2) is 14.2 Å². The van der Waals surface area contributed by atoms with Gasteiger partial charge in [-0.05, 0) is 78.2 Å². The van der Waals surface area contributed by atoms with Gasteiger partial charge in [-0.2, -0.15) is 0 Å². The third-order valence-electron chi connectivity index (χ3n) is 6.48.